The Morgan fingerprint density at radius 2 is 2.24 bits per heavy atom. The summed E-state index contributed by atoms with van der Waals surface area (Å²) in [6.07, 6.45) is 6.67. The van der Waals surface area contributed by atoms with Crippen LogP contribution >= 0.6 is 11.8 Å². The quantitative estimate of drug-likeness (QED) is 0.839. The van der Waals surface area contributed by atoms with E-state index in [0.717, 1.165) is 10.9 Å². The number of aromatic nitrogens is 2. The zero-order valence-corrected chi connectivity index (χ0v) is 11.2. The van der Waals surface area contributed by atoms with Crippen LogP contribution < -0.4 is 10.5 Å². The third-order valence-electron chi connectivity index (χ3n) is 3.17. The van der Waals surface area contributed by atoms with Crippen LogP contribution in [0.25, 0.3) is 0 Å². The molecular formula is C12H19N3OS. The minimum absolute atomic E-state index is 0.478. The van der Waals surface area contributed by atoms with Gasteiger partial charge in [-0.05, 0) is 18.8 Å². The Kier molecular flexibility index (Phi) is 4.10. The maximum absolute atomic E-state index is 5.97. The Hall–Kier alpha value is -0.970. The lowest BCUT2D eigenvalue weighted by atomic mass is 9.91. The lowest BCUT2D eigenvalue weighted by Crippen LogP contribution is -2.15. The zero-order chi connectivity index (χ0) is 12.3. The number of nitrogens with zero attached hydrogens (tertiary/aromatic N) is 2. The van der Waals surface area contributed by atoms with E-state index in [1.54, 1.807) is 18.9 Å². The fourth-order valence-electron chi connectivity index (χ4n) is 2.26. The maximum atomic E-state index is 5.97. The zero-order valence-electron chi connectivity index (χ0n) is 10.3. The molecule has 2 rings (SSSR count). The summed E-state index contributed by atoms with van der Waals surface area (Å²) in [4.78, 5) is 8.25. The lowest BCUT2D eigenvalue weighted by Gasteiger charge is -2.26. The molecule has 1 aliphatic carbocycles. The number of ether oxygens (including phenoxy) is 1. The number of methoxy groups -OCH3 is 1. The van der Waals surface area contributed by atoms with E-state index in [1.165, 1.54) is 32.0 Å². The molecule has 4 nitrogen and oxygen atoms in total. The molecule has 1 aliphatic rings. The van der Waals surface area contributed by atoms with Crippen LogP contribution in [0.4, 0.5) is 5.69 Å². The minimum Gasteiger partial charge on any atom is -0.479 e. The van der Waals surface area contributed by atoms with Crippen molar-refractivity contribution in [3.8, 4) is 5.88 Å². The summed E-state index contributed by atoms with van der Waals surface area (Å²) in [5, 5.41) is 1.48. The summed E-state index contributed by atoms with van der Waals surface area (Å²) in [7, 11) is 1.58. The average Bonchev–Trinajstić information content (AvgIpc) is 2.32. The molecule has 17 heavy (non-hydrogen) atoms. The first-order valence-electron chi connectivity index (χ1n) is 6.01. The first kappa shape index (κ1) is 12.5. The minimum atomic E-state index is 0.478. The molecule has 2 unspecified atom stereocenters. The Morgan fingerprint density at radius 3 is 2.94 bits per heavy atom. The second-order valence-electron chi connectivity index (χ2n) is 4.61. The normalized spacial score (nSPS) is 24.6. The second kappa shape index (κ2) is 5.58. The van der Waals surface area contributed by atoms with Crippen LogP contribution in [0.2, 0.25) is 0 Å². The van der Waals surface area contributed by atoms with E-state index in [1.807, 2.05) is 0 Å². The summed E-state index contributed by atoms with van der Waals surface area (Å²) in [6.45, 7) is 2.32. The molecule has 0 bridgehead atoms. The van der Waals surface area contributed by atoms with Crippen LogP contribution in [-0.4, -0.2) is 22.3 Å². The maximum Gasteiger partial charge on any atom is 0.241 e. The van der Waals surface area contributed by atoms with Gasteiger partial charge in [0.25, 0.3) is 0 Å². The highest BCUT2D eigenvalue weighted by molar-refractivity contribution is 8.00. The summed E-state index contributed by atoms with van der Waals surface area (Å²) >= 11 is 1.77. The third-order valence-corrected chi connectivity index (χ3v) is 4.48. The predicted molar refractivity (Wildman–Crippen MR) is 70.3 cm³/mol. The Morgan fingerprint density at radius 1 is 1.41 bits per heavy atom. The molecule has 0 spiro atoms. The van der Waals surface area contributed by atoms with Crippen molar-refractivity contribution in [3.05, 3.63) is 6.33 Å². The fraction of sp³-hybridized carbons (Fsp3) is 0.667. The van der Waals surface area contributed by atoms with E-state index in [2.05, 4.69) is 16.9 Å². The van der Waals surface area contributed by atoms with Gasteiger partial charge < -0.3 is 10.5 Å². The van der Waals surface area contributed by atoms with Gasteiger partial charge in [-0.2, -0.15) is 4.98 Å². The number of nitrogen functional groups attached to an aromatic ring is 1. The van der Waals surface area contributed by atoms with E-state index in [-0.39, 0.29) is 0 Å². The second-order valence-corrected chi connectivity index (χ2v) is 5.90. The molecule has 2 atom stereocenters. The number of thioether (sulfide) groups is 1. The largest absolute Gasteiger partial charge is 0.479 e. The van der Waals surface area contributed by atoms with E-state index < -0.39 is 0 Å². The molecule has 0 saturated heterocycles. The number of hydrogen-bond acceptors (Lipinski definition) is 5. The van der Waals surface area contributed by atoms with Crippen molar-refractivity contribution in [2.45, 2.75) is 42.9 Å². The van der Waals surface area contributed by atoms with Crippen molar-refractivity contribution >= 4 is 17.4 Å². The molecule has 1 aromatic rings. The van der Waals surface area contributed by atoms with Crippen LogP contribution in [0, 0.1) is 5.92 Å². The van der Waals surface area contributed by atoms with Gasteiger partial charge in [-0.3, -0.25) is 0 Å². The predicted octanol–water partition coefficient (Wildman–Crippen LogP) is 2.74. The molecule has 94 valence electrons. The van der Waals surface area contributed by atoms with Gasteiger partial charge in [0.1, 0.15) is 17.0 Å². The van der Waals surface area contributed by atoms with Crippen LogP contribution in [0.3, 0.4) is 0 Å². The summed E-state index contributed by atoms with van der Waals surface area (Å²) in [5.74, 6) is 1.29. The van der Waals surface area contributed by atoms with Crippen molar-refractivity contribution in [2.24, 2.45) is 5.92 Å². The van der Waals surface area contributed by atoms with Crippen molar-refractivity contribution in [1.29, 1.82) is 0 Å². The summed E-state index contributed by atoms with van der Waals surface area (Å²) in [6, 6.07) is 0. The van der Waals surface area contributed by atoms with Gasteiger partial charge in [-0.15, -0.1) is 11.8 Å². The van der Waals surface area contributed by atoms with Crippen molar-refractivity contribution in [1.82, 2.24) is 9.97 Å². The fourth-order valence-corrected chi connectivity index (χ4v) is 3.61. The standard InChI is InChI=1S/C12H19N3OS/c1-8-4-3-5-9(6-8)17-12-10(13)11(16-2)14-7-15-12/h7-9H,3-6,13H2,1-2H3. The van der Waals surface area contributed by atoms with Gasteiger partial charge in [0, 0.05) is 5.25 Å². The smallest absolute Gasteiger partial charge is 0.241 e. The highest BCUT2D eigenvalue weighted by atomic mass is 32.2. The van der Waals surface area contributed by atoms with Gasteiger partial charge in [0.15, 0.2) is 0 Å². The molecule has 1 heterocycles. The summed E-state index contributed by atoms with van der Waals surface area (Å²) < 4.78 is 5.11. The molecule has 0 amide bonds. The van der Waals surface area contributed by atoms with Gasteiger partial charge in [-0.1, -0.05) is 19.8 Å². The number of rotatable bonds is 3. The van der Waals surface area contributed by atoms with Gasteiger partial charge in [0.2, 0.25) is 5.88 Å². The highest BCUT2D eigenvalue weighted by Gasteiger charge is 2.22. The van der Waals surface area contributed by atoms with Crippen LogP contribution in [0.5, 0.6) is 5.88 Å². The number of anilines is 1. The Labute approximate surface area is 106 Å². The lowest BCUT2D eigenvalue weighted by molar-refractivity contribution is 0.393. The van der Waals surface area contributed by atoms with E-state index >= 15 is 0 Å². The number of nitrogens with two attached hydrogens (primary N) is 1. The highest BCUT2D eigenvalue weighted by Crippen LogP contribution is 2.38. The first-order chi connectivity index (χ1) is 8.20. The average molecular weight is 253 g/mol. The molecule has 5 heteroatoms. The summed E-state index contributed by atoms with van der Waals surface area (Å²) in [5.41, 5.74) is 6.54. The third kappa shape index (κ3) is 3.03. The van der Waals surface area contributed by atoms with Crippen LogP contribution in [0.1, 0.15) is 32.6 Å². The molecule has 2 N–H and O–H groups in total. The van der Waals surface area contributed by atoms with Gasteiger partial charge >= 0.3 is 0 Å². The number of hydrogen-bond donors (Lipinski definition) is 1. The molecule has 0 radical (unpaired) electrons. The molecule has 0 aromatic carbocycles. The molecule has 1 aromatic heterocycles. The van der Waals surface area contributed by atoms with Crippen molar-refractivity contribution in [3.63, 3.8) is 0 Å². The Balaban J connectivity index is 2.07. The van der Waals surface area contributed by atoms with E-state index in [0.29, 0.717) is 16.8 Å². The van der Waals surface area contributed by atoms with Crippen molar-refractivity contribution in [2.75, 3.05) is 12.8 Å². The van der Waals surface area contributed by atoms with Crippen LogP contribution in [-0.2, 0) is 0 Å². The molecule has 0 aliphatic heterocycles. The SMILES string of the molecule is COc1ncnc(SC2CCCC(C)C2)c1N. The van der Waals surface area contributed by atoms with Crippen LogP contribution in [0.15, 0.2) is 11.4 Å². The van der Waals surface area contributed by atoms with E-state index in [4.69, 9.17) is 10.5 Å². The topological polar surface area (TPSA) is 61.0 Å². The molecule has 1 saturated carbocycles. The molecule has 1 fully saturated rings. The Bertz CT molecular complexity index is 386. The van der Waals surface area contributed by atoms with Gasteiger partial charge in [0.05, 0.1) is 7.11 Å². The van der Waals surface area contributed by atoms with E-state index in [9.17, 15) is 0 Å². The molecular weight excluding hydrogens is 234 g/mol. The first-order valence-corrected chi connectivity index (χ1v) is 6.89. The van der Waals surface area contributed by atoms with Gasteiger partial charge in [-0.25, -0.2) is 4.98 Å². The van der Waals surface area contributed by atoms with Crippen molar-refractivity contribution < 1.29 is 4.74 Å². The monoisotopic (exact) mass is 253 g/mol.